The smallest absolute Gasteiger partial charge is 0.307 e. The van der Waals surface area contributed by atoms with Gasteiger partial charge in [-0.25, -0.2) is 13.1 Å². The highest BCUT2D eigenvalue weighted by molar-refractivity contribution is 7.89. The predicted octanol–water partition coefficient (Wildman–Crippen LogP) is 1.47. The normalized spacial score (nSPS) is 12.5. The summed E-state index contributed by atoms with van der Waals surface area (Å²) in [6.07, 6.45) is -0.325. The van der Waals surface area contributed by atoms with Crippen LogP contribution in [0, 0.1) is 0 Å². The highest BCUT2D eigenvalue weighted by Crippen LogP contribution is 2.13. The van der Waals surface area contributed by atoms with Crippen LogP contribution in [0.2, 0.25) is 5.02 Å². The molecular weight excluding hydrogens is 356 g/mol. The molecule has 0 heterocycles. The lowest BCUT2D eigenvalue weighted by Gasteiger charge is -2.13. The number of halogens is 1. The van der Waals surface area contributed by atoms with Crippen molar-refractivity contribution in [1.82, 2.24) is 10.0 Å². The van der Waals surface area contributed by atoms with E-state index in [0.29, 0.717) is 11.6 Å². The molecule has 1 aromatic rings. The fourth-order valence-corrected chi connectivity index (χ4v) is 2.84. The molecule has 0 aromatic heterocycles. The van der Waals surface area contributed by atoms with E-state index >= 15 is 0 Å². The summed E-state index contributed by atoms with van der Waals surface area (Å²) >= 11 is 5.70. The third kappa shape index (κ3) is 6.86. The first-order valence-electron chi connectivity index (χ1n) is 7.48. The summed E-state index contributed by atoms with van der Waals surface area (Å²) in [5.74, 6) is -1.04. The lowest BCUT2D eigenvalue weighted by Crippen LogP contribution is -2.36. The van der Waals surface area contributed by atoms with E-state index in [1.165, 1.54) is 31.2 Å². The number of carbonyl (C=O) groups excluding carboxylic acids is 2. The van der Waals surface area contributed by atoms with Crippen LogP contribution in [0.1, 0.15) is 26.7 Å². The third-order valence-electron chi connectivity index (χ3n) is 2.97. The Labute approximate surface area is 146 Å². The maximum absolute atomic E-state index is 12.0. The Morgan fingerprint density at radius 3 is 2.42 bits per heavy atom. The number of sulfonamides is 1. The number of amides is 1. The van der Waals surface area contributed by atoms with E-state index in [-0.39, 0.29) is 23.8 Å². The number of hydrogen-bond donors (Lipinski definition) is 2. The molecule has 0 aliphatic heterocycles. The van der Waals surface area contributed by atoms with E-state index < -0.39 is 22.1 Å². The number of nitrogens with one attached hydrogen (secondary N) is 2. The highest BCUT2D eigenvalue weighted by atomic mass is 35.5. The van der Waals surface area contributed by atoms with Gasteiger partial charge in [-0.3, -0.25) is 9.59 Å². The number of hydrogen-bond acceptors (Lipinski definition) is 5. The van der Waals surface area contributed by atoms with Crippen LogP contribution >= 0.6 is 11.6 Å². The van der Waals surface area contributed by atoms with Crippen LogP contribution in [0.25, 0.3) is 0 Å². The highest BCUT2D eigenvalue weighted by Gasteiger charge is 2.18. The van der Waals surface area contributed by atoms with Gasteiger partial charge in [-0.05, 0) is 37.6 Å². The maximum Gasteiger partial charge on any atom is 0.307 e. The molecule has 2 N–H and O–H groups in total. The van der Waals surface area contributed by atoms with Crippen molar-refractivity contribution in [3.05, 3.63) is 29.3 Å². The lowest BCUT2D eigenvalue weighted by molar-refractivity contribution is -0.154. The molecule has 0 saturated carbocycles. The Hall–Kier alpha value is -1.64. The molecule has 134 valence electrons. The molecule has 0 fully saturated rings. The zero-order valence-electron chi connectivity index (χ0n) is 13.5. The van der Waals surface area contributed by atoms with Gasteiger partial charge in [0, 0.05) is 18.1 Å². The second-order valence-corrected chi connectivity index (χ2v) is 7.23. The average molecular weight is 377 g/mol. The van der Waals surface area contributed by atoms with Crippen LogP contribution in [-0.4, -0.2) is 39.5 Å². The Kier molecular flexibility index (Phi) is 8.17. The van der Waals surface area contributed by atoms with Crippen molar-refractivity contribution in [2.45, 2.75) is 37.7 Å². The van der Waals surface area contributed by atoms with Crippen molar-refractivity contribution in [2.24, 2.45) is 0 Å². The number of esters is 1. The van der Waals surface area contributed by atoms with Gasteiger partial charge in [-0.1, -0.05) is 18.5 Å². The summed E-state index contributed by atoms with van der Waals surface area (Å²) in [5.41, 5.74) is 0. The van der Waals surface area contributed by atoms with E-state index in [0.717, 1.165) is 6.42 Å². The summed E-state index contributed by atoms with van der Waals surface area (Å²) in [7, 11) is -3.73. The first kappa shape index (κ1) is 20.4. The molecule has 0 aliphatic carbocycles. The Bertz CT molecular complexity index is 661. The summed E-state index contributed by atoms with van der Waals surface area (Å²) in [6, 6.07) is 5.65. The van der Waals surface area contributed by atoms with E-state index in [4.69, 9.17) is 16.3 Å². The van der Waals surface area contributed by atoms with Crippen LogP contribution < -0.4 is 10.0 Å². The van der Waals surface area contributed by atoms with Crippen LogP contribution in [0.4, 0.5) is 0 Å². The number of ether oxygens (including phenoxy) is 1. The fraction of sp³-hybridized carbons (Fsp3) is 0.467. The Morgan fingerprint density at radius 1 is 1.21 bits per heavy atom. The second-order valence-electron chi connectivity index (χ2n) is 5.02. The first-order chi connectivity index (χ1) is 11.3. The molecule has 0 saturated heterocycles. The first-order valence-corrected chi connectivity index (χ1v) is 9.34. The summed E-state index contributed by atoms with van der Waals surface area (Å²) in [5, 5.41) is 3.03. The van der Waals surface area contributed by atoms with Crippen LogP contribution in [-0.2, 0) is 24.3 Å². The van der Waals surface area contributed by atoms with Crippen molar-refractivity contribution in [3.63, 3.8) is 0 Å². The van der Waals surface area contributed by atoms with Crippen molar-refractivity contribution < 1.29 is 22.7 Å². The molecule has 0 unspecified atom stereocenters. The largest absolute Gasteiger partial charge is 0.453 e. The molecule has 1 aromatic carbocycles. The molecule has 1 atom stereocenters. The van der Waals surface area contributed by atoms with Crippen molar-refractivity contribution in [1.29, 1.82) is 0 Å². The minimum absolute atomic E-state index is 0.0487. The minimum atomic E-state index is -3.73. The van der Waals surface area contributed by atoms with E-state index in [1.54, 1.807) is 0 Å². The molecule has 7 nitrogen and oxygen atoms in total. The fourth-order valence-electron chi connectivity index (χ4n) is 1.69. The zero-order chi connectivity index (χ0) is 18.2. The van der Waals surface area contributed by atoms with Crippen LogP contribution in [0.15, 0.2) is 29.2 Å². The Morgan fingerprint density at radius 2 is 1.83 bits per heavy atom. The monoisotopic (exact) mass is 376 g/mol. The van der Waals surface area contributed by atoms with E-state index in [2.05, 4.69) is 10.0 Å². The lowest BCUT2D eigenvalue weighted by atomic mass is 10.3. The van der Waals surface area contributed by atoms with Gasteiger partial charge in [0.1, 0.15) is 0 Å². The molecule has 0 radical (unpaired) electrons. The van der Waals surface area contributed by atoms with Gasteiger partial charge in [0.15, 0.2) is 6.10 Å². The second kappa shape index (κ2) is 9.61. The van der Waals surface area contributed by atoms with Crippen molar-refractivity contribution in [2.75, 3.05) is 13.1 Å². The molecule has 1 rings (SSSR count). The maximum atomic E-state index is 12.0. The zero-order valence-corrected chi connectivity index (χ0v) is 15.1. The summed E-state index contributed by atoms with van der Waals surface area (Å²) in [6.45, 7) is 3.74. The predicted molar refractivity (Wildman–Crippen MR) is 90.1 cm³/mol. The van der Waals surface area contributed by atoms with Gasteiger partial charge in [0.25, 0.3) is 5.91 Å². The molecule has 0 spiro atoms. The quantitative estimate of drug-likeness (QED) is 0.635. The minimum Gasteiger partial charge on any atom is -0.453 e. The molecule has 0 aliphatic rings. The number of rotatable bonds is 9. The molecular formula is C15H21ClN2O5S. The van der Waals surface area contributed by atoms with Crippen molar-refractivity contribution >= 4 is 33.5 Å². The van der Waals surface area contributed by atoms with Gasteiger partial charge in [-0.2, -0.15) is 0 Å². The van der Waals surface area contributed by atoms with Gasteiger partial charge in [0.2, 0.25) is 10.0 Å². The van der Waals surface area contributed by atoms with E-state index in [9.17, 15) is 18.0 Å². The summed E-state index contributed by atoms with van der Waals surface area (Å²) < 4.78 is 31.2. The molecule has 0 bridgehead atoms. The standard InChI is InChI=1S/C15H21ClN2O5S/c1-3-9-17-15(20)11(2)23-14(19)8-10-18-24(21,22)13-6-4-12(16)5-7-13/h4-7,11,18H,3,8-10H2,1-2H3,(H,17,20)/t11-/m1/s1. The van der Waals surface area contributed by atoms with E-state index in [1.807, 2.05) is 6.92 Å². The van der Waals surface area contributed by atoms with Gasteiger partial charge < -0.3 is 10.1 Å². The molecule has 9 heteroatoms. The van der Waals surface area contributed by atoms with Crippen LogP contribution in [0.3, 0.4) is 0 Å². The van der Waals surface area contributed by atoms with Crippen molar-refractivity contribution in [3.8, 4) is 0 Å². The molecule has 24 heavy (non-hydrogen) atoms. The molecule has 1 amide bonds. The van der Waals surface area contributed by atoms with Gasteiger partial charge in [0.05, 0.1) is 11.3 Å². The number of benzene rings is 1. The number of carbonyl (C=O) groups is 2. The third-order valence-corrected chi connectivity index (χ3v) is 4.70. The topological polar surface area (TPSA) is 102 Å². The average Bonchev–Trinajstić information content (AvgIpc) is 2.52. The van der Waals surface area contributed by atoms with Gasteiger partial charge in [-0.15, -0.1) is 0 Å². The SMILES string of the molecule is CCCNC(=O)[C@@H](C)OC(=O)CCNS(=O)(=O)c1ccc(Cl)cc1. The Balaban J connectivity index is 2.42. The summed E-state index contributed by atoms with van der Waals surface area (Å²) in [4.78, 5) is 23.3. The van der Waals surface area contributed by atoms with Gasteiger partial charge >= 0.3 is 5.97 Å². The van der Waals surface area contributed by atoms with Crippen LogP contribution in [0.5, 0.6) is 0 Å².